The van der Waals surface area contributed by atoms with Crippen molar-refractivity contribution in [2.24, 2.45) is 5.73 Å². The van der Waals surface area contributed by atoms with E-state index in [0.717, 1.165) is 31.7 Å². The van der Waals surface area contributed by atoms with Crippen LogP contribution in [0.4, 0.5) is 4.39 Å². The number of carboxylic acid groups (broad SMARTS) is 1. The minimum atomic E-state index is -1.33. The van der Waals surface area contributed by atoms with Crippen molar-refractivity contribution >= 4 is 5.97 Å². The van der Waals surface area contributed by atoms with E-state index in [-0.39, 0.29) is 17.9 Å². The predicted octanol–water partition coefficient (Wildman–Crippen LogP) is 2.17. The first-order valence-electron chi connectivity index (χ1n) is 6.03. The lowest BCUT2D eigenvalue weighted by Crippen LogP contribution is -2.41. The molecule has 2 unspecified atom stereocenters. The molecule has 18 heavy (non-hydrogen) atoms. The number of ether oxygens (including phenoxy) is 1. The zero-order valence-electron chi connectivity index (χ0n) is 9.93. The average molecular weight is 253 g/mol. The Hall–Kier alpha value is -1.62. The first kappa shape index (κ1) is 12.8. The first-order chi connectivity index (χ1) is 8.59. The monoisotopic (exact) mass is 253 g/mol. The lowest BCUT2D eigenvalue weighted by molar-refractivity contribution is 0.0677. The van der Waals surface area contributed by atoms with Crippen molar-refractivity contribution < 1.29 is 19.0 Å². The van der Waals surface area contributed by atoms with Crippen LogP contribution in [0, 0.1) is 5.82 Å². The van der Waals surface area contributed by atoms with E-state index >= 15 is 0 Å². The summed E-state index contributed by atoms with van der Waals surface area (Å²) in [6.45, 7) is 0. The van der Waals surface area contributed by atoms with Gasteiger partial charge in [0.15, 0.2) is 0 Å². The summed E-state index contributed by atoms with van der Waals surface area (Å²) in [4.78, 5) is 11.0. The van der Waals surface area contributed by atoms with Gasteiger partial charge in [0.1, 0.15) is 23.2 Å². The highest BCUT2D eigenvalue weighted by molar-refractivity contribution is 5.91. The highest BCUT2D eigenvalue weighted by Crippen LogP contribution is 2.27. The number of aromatic carboxylic acids is 1. The normalized spacial score (nSPS) is 23.7. The zero-order chi connectivity index (χ0) is 13.1. The lowest BCUT2D eigenvalue weighted by Gasteiger charge is -2.29. The standard InChI is InChI=1S/C13H16FNO3/c14-8-4-3-7-11(12(8)13(16)17)18-10-6-2-1-5-9(10)15/h3-4,7,9-10H,1-2,5-6,15H2,(H,16,17). The molecule has 0 spiro atoms. The quantitative estimate of drug-likeness (QED) is 0.866. The number of hydrogen-bond acceptors (Lipinski definition) is 3. The van der Waals surface area contributed by atoms with Gasteiger partial charge in [0.2, 0.25) is 0 Å². The zero-order valence-corrected chi connectivity index (χ0v) is 9.93. The molecule has 0 radical (unpaired) electrons. The molecule has 1 aliphatic carbocycles. The van der Waals surface area contributed by atoms with Crippen LogP contribution in [0.3, 0.4) is 0 Å². The molecule has 5 heteroatoms. The largest absolute Gasteiger partial charge is 0.488 e. The second kappa shape index (κ2) is 5.35. The maximum absolute atomic E-state index is 13.5. The molecule has 0 bridgehead atoms. The van der Waals surface area contributed by atoms with E-state index in [1.54, 1.807) is 0 Å². The van der Waals surface area contributed by atoms with Crippen molar-refractivity contribution in [1.82, 2.24) is 0 Å². The summed E-state index contributed by atoms with van der Waals surface area (Å²) in [5.74, 6) is -2.05. The van der Waals surface area contributed by atoms with Crippen molar-refractivity contribution in [3.63, 3.8) is 0 Å². The summed E-state index contributed by atoms with van der Waals surface area (Å²) in [5, 5.41) is 8.99. The molecule has 2 atom stereocenters. The summed E-state index contributed by atoms with van der Waals surface area (Å²) in [6, 6.07) is 3.89. The molecule has 0 aliphatic heterocycles. The van der Waals surface area contributed by atoms with Crippen molar-refractivity contribution in [1.29, 1.82) is 0 Å². The lowest BCUT2D eigenvalue weighted by atomic mass is 9.93. The molecule has 0 saturated heterocycles. The van der Waals surface area contributed by atoms with Crippen LogP contribution in [0.1, 0.15) is 36.0 Å². The van der Waals surface area contributed by atoms with Crippen LogP contribution in [-0.4, -0.2) is 23.2 Å². The van der Waals surface area contributed by atoms with Gasteiger partial charge < -0.3 is 15.6 Å². The van der Waals surface area contributed by atoms with Gasteiger partial charge in [0.05, 0.1) is 0 Å². The molecule has 98 valence electrons. The van der Waals surface area contributed by atoms with Gasteiger partial charge in [-0.2, -0.15) is 0 Å². The molecule has 1 aliphatic rings. The van der Waals surface area contributed by atoms with Gasteiger partial charge in [-0.25, -0.2) is 9.18 Å². The first-order valence-corrected chi connectivity index (χ1v) is 6.03. The van der Waals surface area contributed by atoms with Gasteiger partial charge >= 0.3 is 5.97 Å². The Morgan fingerprint density at radius 3 is 2.78 bits per heavy atom. The predicted molar refractivity (Wildman–Crippen MR) is 64.2 cm³/mol. The van der Waals surface area contributed by atoms with Crippen LogP contribution < -0.4 is 10.5 Å². The Bertz CT molecular complexity index is 450. The number of carboxylic acids is 1. The molecule has 1 fully saturated rings. The third kappa shape index (κ3) is 2.61. The molecular weight excluding hydrogens is 237 g/mol. The topological polar surface area (TPSA) is 72.5 Å². The fraction of sp³-hybridized carbons (Fsp3) is 0.462. The van der Waals surface area contributed by atoms with Crippen molar-refractivity contribution in [3.05, 3.63) is 29.6 Å². The Balaban J connectivity index is 2.23. The molecule has 0 aromatic heterocycles. The number of carbonyl (C=O) groups is 1. The maximum atomic E-state index is 13.5. The average Bonchev–Trinajstić information content (AvgIpc) is 2.31. The van der Waals surface area contributed by atoms with E-state index in [4.69, 9.17) is 15.6 Å². The second-order valence-electron chi connectivity index (χ2n) is 4.52. The van der Waals surface area contributed by atoms with Crippen LogP contribution in [0.15, 0.2) is 18.2 Å². The highest BCUT2D eigenvalue weighted by Gasteiger charge is 2.26. The van der Waals surface area contributed by atoms with Crippen molar-refractivity contribution in [2.75, 3.05) is 0 Å². The molecule has 2 rings (SSSR count). The molecule has 0 amide bonds. The number of benzene rings is 1. The Labute approximate surface area is 105 Å². The molecule has 3 N–H and O–H groups in total. The summed E-state index contributed by atoms with van der Waals surface area (Å²) >= 11 is 0. The minimum Gasteiger partial charge on any atom is -0.488 e. The molecule has 4 nitrogen and oxygen atoms in total. The Morgan fingerprint density at radius 2 is 2.11 bits per heavy atom. The number of hydrogen-bond donors (Lipinski definition) is 2. The van der Waals surface area contributed by atoms with Crippen LogP contribution in [0.25, 0.3) is 0 Å². The van der Waals surface area contributed by atoms with Crippen LogP contribution in [0.5, 0.6) is 5.75 Å². The van der Waals surface area contributed by atoms with E-state index in [1.807, 2.05) is 0 Å². The van der Waals surface area contributed by atoms with E-state index in [2.05, 4.69) is 0 Å². The molecule has 1 aromatic rings. The molecule has 0 heterocycles. The Morgan fingerprint density at radius 1 is 1.39 bits per heavy atom. The second-order valence-corrected chi connectivity index (χ2v) is 4.52. The maximum Gasteiger partial charge on any atom is 0.342 e. The van der Waals surface area contributed by atoms with Crippen molar-refractivity contribution in [3.8, 4) is 5.75 Å². The molecule has 1 aromatic carbocycles. The van der Waals surface area contributed by atoms with Crippen LogP contribution in [0.2, 0.25) is 0 Å². The smallest absolute Gasteiger partial charge is 0.342 e. The van der Waals surface area contributed by atoms with E-state index < -0.39 is 17.3 Å². The Kier molecular flexibility index (Phi) is 3.81. The van der Waals surface area contributed by atoms with Gasteiger partial charge in [-0.3, -0.25) is 0 Å². The summed E-state index contributed by atoms with van der Waals surface area (Å²) in [6.07, 6.45) is 3.43. The summed E-state index contributed by atoms with van der Waals surface area (Å²) < 4.78 is 19.1. The number of nitrogens with two attached hydrogens (primary N) is 1. The molecular formula is C13H16FNO3. The van der Waals surface area contributed by atoms with Gasteiger partial charge in [-0.1, -0.05) is 12.5 Å². The highest BCUT2D eigenvalue weighted by atomic mass is 19.1. The third-order valence-electron chi connectivity index (χ3n) is 3.22. The number of halogens is 1. The van der Waals surface area contributed by atoms with E-state index in [1.165, 1.54) is 12.1 Å². The van der Waals surface area contributed by atoms with Crippen LogP contribution >= 0.6 is 0 Å². The van der Waals surface area contributed by atoms with E-state index in [9.17, 15) is 9.18 Å². The summed E-state index contributed by atoms with van der Waals surface area (Å²) in [7, 11) is 0. The fourth-order valence-corrected chi connectivity index (χ4v) is 2.25. The van der Waals surface area contributed by atoms with Gasteiger partial charge in [0, 0.05) is 6.04 Å². The van der Waals surface area contributed by atoms with Crippen LogP contribution in [-0.2, 0) is 0 Å². The van der Waals surface area contributed by atoms with Gasteiger partial charge in [-0.15, -0.1) is 0 Å². The van der Waals surface area contributed by atoms with Gasteiger partial charge in [-0.05, 0) is 31.4 Å². The summed E-state index contributed by atoms with van der Waals surface area (Å²) in [5.41, 5.74) is 5.50. The van der Waals surface area contributed by atoms with E-state index in [0.29, 0.717) is 0 Å². The minimum absolute atomic E-state index is 0.0600. The van der Waals surface area contributed by atoms with Crippen molar-refractivity contribution in [2.45, 2.75) is 37.8 Å². The van der Waals surface area contributed by atoms with Gasteiger partial charge in [0.25, 0.3) is 0 Å². The number of rotatable bonds is 3. The third-order valence-corrected chi connectivity index (χ3v) is 3.22. The molecule has 1 saturated carbocycles. The SMILES string of the molecule is NC1CCCCC1Oc1cccc(F)c1C(=O)O. The fourth-order valence-electron chi connectivity index (χ4n) is 2.25.